The van der Waals surface area contributed by atoms with Crippen molar-refractivity contribution >= 4 is 17.5 Å². The lowest BCUT2D eigenvalue weighted by molar-refractivity contribution is 0.0678. The molecule has 0 radical (unpaired) electrons. The van der Waals surface area contributed by atoms with Crippen LogP contribution < -0.4 is 0 Å². The van der Waals surface area contributed by atoms with Crippen molar-refractivity contribution in [1.82, 2.24) is 9.38 Å². The second kappa shape index (κ2) is 5.17. The molecule has 0 spiro atoms. The van der Waals surface area contributed by atoms with Crippen LogP contribution in [0.4, 0.5) is 0 Å². The van der Waals surface area contributed by atoms with Crippen molar-refractivity contribution in [2.24, 2.45) is 0 Å². The maximum absolute atomic E-state index is 11.4. The van der Waals surface area contributed by atoms with Gasteiger partial charge < -0.3 is 14.9 Å². The van der Waals surface area contributed by atoms with Crippen LogP contribution in [0.3, 0.4) is 0 Å². The summed E-state index contributed by atoms with van der Waals surface area (Å²) in [5.74, 6) is -1.78. The normalized spacial score (nSPS) is 16.2. The lowest BCUT2D eigenvalue weighted by atomic mass is 9.99. The molecule has 7 heteroatoms. The van der Waals surface area contributed by atoms with Gasteiger partial charge in [0.05, 0.1) is 5.52 Å². The monoisotopic (exact) mass is 290 g/mol. The Balaban J connectivity index is 2.26. The average Bonchev–Trinajstić information content (AvgIpc) is 2.87. The molecular formula is C14H14N2O5. The zero-order chi connectivity index (χ0) is 15.0. The highest BCUT2D eigenvalue weighted by molar-refractivity contribution is 5.95. The minimum Gasteiger partial charge on any atom is -0.477 e. The van der Waals surface area contributed by atoms with E-state index < -0.39 is 11.9 Å². The SMILES string of the molecule is O=C(O)c1nc(C2CCOCC2)n2c(C(=O)O)cccc12. The fourth-order valence-corrected chi connectivity index (χ4v) is 2.72. The number of aromatic carboxylic acids is 2. The van der Waals surface area contributed by atoms with E-state index in [2.05, 4.69) is 4.98 Å². The number of hydrogen-bond acceptors (Lipinski definition) is 4. The molecule has 0 unspecified atom stereocenters. The Morgan fingerprint density at radius 2 is 1.90 bits per heavy atom. The smallest absolute Gasteiger partial charge is 0.356 e. The van der Waals surface area contributed by atoms with Crippen LogP contribution in [0.1, 0.15) is 45.6 Å². The number of carbonyl (C=O) groups is 2. The summed E-state index contributed by atoms with van der Waals surface area (Å²) in [7, 11) is 0. The first-order chi connectivity index (χ1) is 10.1. The average molecular weight is 290 g/mol. The molecular weight excluding hydrogens is 276 g/mol. The minimum atomic E-state index is -1.16. The molecule has 0 bridgehead atoms. The number of nitrogens with zero attached hydrogens (tertiary/aromatic N) is 2. The highest BCUT2D eigenvalue weighted by Crippen LogP contribution is 2.29. The maximum Gasteiger partial charge on any atom is 0.356 e. The highest BCUT2D eigenvalue weighted by Gasteiger charge is 2.27. The van der Waals surface area contributed by atoms with Crippen LogP contribution in [0.5, 0.6) is 0 Å². The Labute approximate surface area is 119 Å². The fraction of sp³-hybridized carbons (Fsp3) is 0.357. The molecule has 0 aromatic carbocycles. The van der Waals surface area contributed by atoms with Gasteiger partial charge in [-0.3, -0.25) is 4.40 Å². The molecule has 0 saturated carbocycles. The largest absolute Gasteiger partial charge is 0.477 e. The number of carboxylic acids is 2. The van der Waals surface area contributed by atoms with E-state index in [1.807, 2.05) is 0 Å². The van der Waals surface area contributed by atoms with Gasteiger partial charge in [-0.1, -0.05) is 6.07 Å². The summed E-state index contributed by atoms with van der Waals surface area (Å²) in [5, 5.41) is 18.6. The lowest BCUT2D eigenvalue weighted by Gasteiger charge is -2.21. The van der Waals surface area contributed by atoms with Gasteiger partial charge in [0.15, 0.2) is 5.69 Å². The second-order valence-electron chi connectivity index (χ2n) is 4.95. The van der Waals surface area contributed by atoms with Crippen LogP contribution in [0.15, 0.2) is 18.2 Å². The molecule has 2 aromatic heterocycles. The quantitative estimate of drug-likeness (QED) is 0.890. The summed E-state index contributed by atoms with van der Waals surface area (Å²) in [6.45, 7) is 1.13. The Bertz CT molecular complexity index is 715. The molecule has 3 rings (SSSR count). The molecule has 1 aliphatic rings. The molecule has 0 amide bonds. The van der Waals surface area contributed by atoms with Crippen molar-refractivity contribution in [2.75, 3.05) is 13.2 Å². The van der Waals surface area contributed by atoms with Crippen molar-refractivity contribution in [3.05, 3.63) is 35.4 Å². The molecule has 1 aliphatic heterocycles. The summed E-state index contributed by atoms with van der Waals surface area (Å²) in [6, 6.07) is 4.55. The first-order valence-corrected chi connectivity index (χ1v) is 6.65. The van der Waals surface area contributed by atoms with E-state index in [-0.39, 0.29) is 17.3 Å². The van der Waals surface area contributed by atoms with Gasteiger partial charge in [-0.05, 0) is 25.0 Å². The number of ether oxygens (including phenoxy) is 1. The topological polar surface area (TPSA) is 101 Å². The minimum absolute atomic E-state index is 0.000139. The van der Waals surface area contributed by atoms with Crippen LogP contribution in [0.25, 0.3) is 5.52 Å². The molecule has 0 atom stereocenters. The zero-order valence-corrected chi connectivity index (χ0v) is 11.2. The molecule has 7 nitrogen and oxygen atoms in total. The Morgan fingerprint density at radius 1 is 1.19 bits per heavy atom. The third-order valence-corrected chi connectivity index (χ3v) is 3.70. The standard InChI is InChI=1S/C14H14N2O5/c17-13(18)10-3-1-2-9-11(14(19)20)15-12(16(9)10)8-4-6-21-7-5-8/h1-3,8H,4-7H2,(H,17,18)(H,19,20). The number of rotatable bonds is 3. The summed E-state index contributed by atoms with van der Waals surface area (Å²) in [4.78, 5) is 27.0. The van der Waals surface area contributed by atoms with Crippen LogP contribution in [0, 0.1) is 0 Å². The summed E-state index contributed by atoms with van der Waals surface area (Å²) in [6.07, 6.45) is 1.40. The molecule has 2 N–H and O–H groups in total. The number of hydrogen-bond donors (Lipinski definition) is 2. The first-order valence-electron chi connectivity index (χ1n) is 6.65. The highest BCUT2D eigenvalue weighted by atomic mass is 16.5. The number of aromatic nitrogens is 2. The van der Waals surface area contributed by atoms with Crippen molar-refractivity contribution in [2.45, 2.75) is 18.8 Å². The van der Waals surface area contributed by atoms with Crippen LogP contribution >= 0.6 is 0 Å². The maximum atomic E-state index is 11.4. The van der Waals surface area contributed by atoms with Crippen molar-refractivity contribution in [3.8, 4) is 0 Å². The van der Waals surface area contributed by atoms with Gasteiger partial charge in [0.1, 0.15) is 11.5 Å². The fourth-order valence-electron chi connectivity index (χ4n) is 2.72. The van der Waals surface area contributed by atoms with Gasteiger partial charge in [0.2, 0.25) is 0 Å². The molecule has 3 heterocycles. The van der Waals surface area contributed by atoms with Gasteiger partial charge in [-0.2, -0.15) is 0 Å². The van der Waals surface area contributed by atoms with Gasteiger partial charge >= 0.3 is 11.9 Å². The summed E-state index contributed by atoms with van der Waals surface area (Å²) >= 11 is 0. The van der Waals surface area contributed by atoms with Gasteiger partial charge in [-0.25, -0.2) is 14.6 Å². The molecule has 2 aromatic rings. The third kappa shape index (κ3) is 2.25. The zero-order valence-electron chi connectivity index (χ0n) is 11.2. The molecule has 0 aliphatic carbocycles. The number of pyridine rings is 1. The number of imidazole rings is 1. The van der Waals surface area contributed by atoms with Crippen LogP contribution in [-0.4, -0.2) is 44.8 Å². The molecule has 21 heavy (non-hydrogen) atoms. The van der Waals surface area contributed by atoms with E-state index in [1.165, 1.54) is 16.5 Å². The predicted octanol–water partition coefficient (Wildman–Crippen LogP) is 1.62. The Kier molecular flexibility index (Phi) is 3.34. The van der Waals surface area contributed by atoms with E-state index in [0.29, 0.717) is 37.4 Å². The van der Waals surface area contributed by atoms with Crippen LogP contribution in [-0.2, 0) is 4.74 Å². The van der Waals surface area contributed by atoms with Crippen molar-refractivity contribution in [3.63, 3.8) is 0 Å². The summed E-state index contributed by atoms with van der Waals surface area (Å²) in [5.41, 5.74) is 0.220. The van der Waals surface area contributed by atoms with E-state index in [4.69, 9.17) is 4.74 Å². The van der Waals surface area contributed by atoms with Gasteiger partial charge in [0.25, 0.3) is 0 Å². The van der Waals surface area contributed by atoms with E-state index in [1.54, 1.807) is 6.07 Å². The Hall–Kier alpha value is -2.41. The van der Waals surface area contributed by atoms with Gasteiger partial charge in [0, 0.05) is 19.1 Å². The first kappa shape index (κ1) is 13.6. The third-order valence-electron chi connectivity index (χ3n) is 3.70. The molecule has 1 fully saturated rings. The van der Waals surface area contributed by atoms with E-state index in [0.717, 1.165) is 0 Å². The van der Waals surface area contributed by atoms with E-state index in [9.17, 15) is 19.8 Å². The Morgan fingerprint density at radius 3 is 2.52 bits per heavy atom. The number of carboxylic acid groups (broad SMARTS) is 2. The summed E-state index contributed by atoms with van der Waals surface area (Å²) < 4.78 is 6.74. The predicted molar refractivity (Wildman–Crippen MR) is 71.9 cm³/mol. The second-order valence-corrected chi connectivity index (χ2v) is 4.95. The van der Waals surface area contributed by atoms with Crippen LogP contribution in [0.2, 0.25) is 0 Å². The lowest BCUT2D eigenvalue weighted by Crippen LogP contribution is -2.18. The molecule has 110 valence electrons. The number of fused-ring (bicyclic) bond motifs is 1. The van der Waals surface area contributed by atoms with E-state index >= 15 is 0 Å². The van der Waals surface area contributed by atoms with Gasteiger partial charge in [-0.15, -0.1) is 0 Å². The van der Waals surface area contributed by atoms with Crippen molar-refractivity contribution in [1.29, 1.82) is 0 Å². The molecule has 1 saturated heterocycles. The van der Waals surface area contributed by atoms with Crippen molar-refractivity contribution < 1.29 is 24.5 Å².